The van der Waals surface area contributed by atoms with Crippen molar-refractivity contribution in [2.45, 2.75) is 19.3 Å². The highest BCUT2D eigenvalue weighted by atomic mass is 19.1. The van der Waals surface area contributed by atoms with Gasteiger partial charge in [0.2, 0.25) is 12.3 Å². The standard InChI is InChI=1S/C17H18FN5O2/c18-12-4-5-14-13(8-12)16(17-21-20-10-25-17)19-9-15(24)23(14)11-22-6-2-1-3-7-22/h4-5,8,10H,1-3,6-7,9,11H2. The lowest BCUT2D eigenvalue weighted by molar-refractivity contribution is -0.117. The number of aromatic nitrogens is 2. The zero-order chi connectivity index (χ0) is 17.2. The predicted octanol–water partition coefficient (Wildman–Crippen LogP) is 1.84. The Morgan fingerprint density at radius 3 is 2.80 bits per heavy atom. The van der Waals surface area contributed by atoms with Crippen LogP contribution in [0.1, 0.15) is 30.7 Å². The van der Waals surface area contributed by atoms with Crippen molar-refractivity contribution in [2.24, 2.45) is 4.99 Å². The molecule has 7 nitrogen and oxygen atoms in total. The predicted molar refractivity (Wildman–Crippen MR) is 89.0 cm³/mol. The Morgan fingerprint density at radius 2 is 2.04 bits per heavy atom. The maximum atomic E-state index is 13.9. The van der Waals surface area contributed by atoms with Crippen LogP contribution >= 0.6 is 0 Å². The Hall–Kier alpha value is -2.61. The number of aliphatic imine (C=N–C) groups is 1. The fraction of sp³-hybridized carbons (Fsp3) is 0.412. The highest BCUT2D eigenvalue weighted by Crippen LogP contribution is 2.28. The summed E-state index contributed by atoms with van der Waals surface area (Å²) in [4.78, 5) is 20.9. The van der Waals surface area contributed by atoms with Gasteiger partial charge in [-0.2, -0.15) is 0 Å². The molecule has 0 aliphatic carbocycles. The van der Waals surface area contributed by atoms with E-state index in [2.05, 4.69) is 20.1 Å². The second-order valence-electron chi connectivity index (χ2n) is 6.21. The van der Waals surface area contributed by atoms with E-state index in [-0.39, 0.29) is 18.3 Å². The summed E-state index contributed by atoms with van der Waals surface area (Å²) in [5.41, 5.74) is 1.46. The van der Waals surface area contributed by atoms with E-state index >= 15 is 0 Å². The minimum absolute atomic E-state index is 0.0398. The summed E-state index contributed by atoms with van der Waals surface area (Å²) in [6, 6.07) is 4.33. The van der Waals surface area contributed by atoms with E-state index in [0.29, 0.717) is 23.6 Å². The second kappa shape index (κ2) is 6.72. The van der Waals surface area contributed by atoms with Crippen molar-refractivity contribution in [1.82, 2.24) is 15.1 Å². The van der Waals surface area contributed by atoms with Crippen LogP contribution in [0.3, 0.4) is 0 Å². The molecule has 1 aromatic carbocycles. The summed E-state index contributed by atoms with van der Waals surface area (Å²) >= 11 is 0. The van der Waals surface area contributed by atoms with E-state index in [0.717, 1.165) is 25.9 Å². The van der Waals surface area contributed by atoms with Gasteiger partial charge in [-0.3, -0.25) is 19.6 Å². The molecule has 25 heavy (non-hydrogen) atoms. The van der Waals surface area contributed by atoms with Gasteiger partial charge in [0, 0.05) is 5.56 Å². The summed E-state index contributed by atoms with van der Waals surface area (Å²) < 4.78 is 19.1. The molecule has 1 fully saturated rings. The molecule has 0 bridgehead atoms. The number of carbonyl (C=O) groups is 1. The Labute approximate surface area is 144 Å². The number of hydrogen-bond donors (Lipinski definition) is 0. The summed E-state index contributed by atoms with van der Waals surface area (Å²) in [7, 11) is 0. The van der Waals surface area contributed by atoms with Crippen LogP contribution in [0, 0.1) is 5.82 Å². The summed E-state index contributed by atoms with van der Waals surface area (Å²) in [5.74, 6) is -0.356. The van der Waals surface area contributed by atoms with Gasteiger partial charge in [-0.05, 0) is 44.1 Å². The first-order chi connectivity index (χ1) is 12.2. The number of halogens is 1. The third-order valence-corrected chi connectivity index (χ3v) is 4.53. The van der Waals surface area contributed by atoms with Gasteiger partial charge in [-0.15, -0.1) is 10.2 Å². The first-order valence-corrected chi connectivity index (χ1v) is 8.36. The number of fused-ring (bicyclic) bond motifs is 1. The Bertz CT molecular complexity index is 799. The van der Waals surface area contributed by atoms with Crippen molar-refractivity contribution in [2.75, 3.05) is 31.2 Å². The number of rotatable bonds is 3. The SMILES string of the molecule is O=C1CN=C(c2nnco2)c2cc(F)ccc2N1CN1CCCCC1. The molecule has 0 atom stereocenters. The van der Waals surface area contributed by atoms with Crippen LogP contribution in [-0.4, -0.2) is 53.0 Å². The molecule has 3 heterocycles. The van der Waals surface area contributed by atoms with Crippen LogP contribution in [0.5, 0.6) is 0 Å². The average molecular weight is 343 g/mol. The van der Waals surface area contributed by atoms with E-state index in [4.69, 9.17) is 4.42 Å². The van der Waals surface area contributed by atoms with Gasteiger partial charge in [0.25, 0.3) is 5.89 Å². The number of benzodiazepines with no additional fused rings is 1. The summed E-state index contributed by atoms with van der Waals surface area (Å²) in [6.45, 7) is 2.35. The fourth-order valence-electron chi connectivity index (χ4n) is 3.30. The normalized spacial score (nSPS) is 18.7. The van der Waals surface area contributed by atoms with E-state index in [1.807, 2.05) is 0 Å². The largest absolute Gasteiger partial charge is 0.422 e. The summed E-state index contributed by atoms with van der Waals surface area (Å²) in [5, 5.41) is 7.52. The van der Waals surface area contributed by atoms with E-state index < -0.39 is 5.82 Å². The van der Waals surface area contributed by atoms with Crippen LogP contribution in [0.4, 0.5) is 10.1 Å². The smallest absolute Gasteiger partial charge is 0.266 e. The third-order valence-electron chi connectivity index (χ3n) is 4.53. The molecule has 0 N–H and O–H groups in total. The van der Waals surface area contributed by atoms with Gasteiger partial charge in [-0.25, -0.2) is 4.39 Å². The number of likely N-dealkylation sites (tertiary alicyclic amines) is 1. The number of nitrogens with zero attached hydrogens (tertiary/aromatic N) is 5. The maximum absolute atomic E-state index is 13.9. The molecule has 2 aliphatic rings. The molecule has 130 valence electrons. The molecular formula is C17H18FN5O2. The molecule has 1 saturated heterocycles. The monoisotopic (exact) mass is 343 g/mol. The van der Waals surface area contributed by atoms with Crippen LogP contribution < -0.4 is 4.90 Å². The molecule has 8 heteroatoms. The van der Waals surface area contributed by atoms with Gasteiger partial charge < -0.3 is 4.42 Å². The van der Waals surface area contributed by atoms with Crippen molar-refractivity contribution in [3.63, 3.8) is 0 Å². The fourth-order valence-corrected chi connectivity index (χ4v) is 3.30. The summed E-state index contributed by atoms with van der Waals surface area (Å²) in [6.07, 6.45) is 4.66. The van der Waals surface area contributed by atoms with Gasteiger partial charge in [-0.1, -0.05) is 6.42 Å². The lowest BCUT2D eigenvalue weighted by Gasteiger charge is -2.32. The maximum Gasteiger partial charge on any atom is 0.266 e. The zero-order valence-corrected chi connectivity index (χ0v) is 13.7. The van der Waals surface area contributed by atoms with Crippen LogP contribution in [0.15, 0.2) is 34.0 Å². The van der Waals surface area contributed by atoms with Crippen molar-refractivity contribution < 1.29 is 13.6 Å². The number of hydrogen-bond acceptors (Lipinski definition) is 6. The topological polar surface area (TPSA) is 74.8 Å². The van der Waals surface area contributed by atoms with Crippen molar-refractivity contribution in [3.8, 4) is 0 Å². The van der Waals surface area contributed by atoms with E-state index in [9.17, 15) is 9.18 Å². The first kappa shape index (κ1) is 15.9. The second-order valence-corrected chi connectivity index (χ2v) is 6.21. The quantitative estimate of drug-likeness (QED) is 0.850. The third kappa shape index (κ3) is 3.17. The zero-order valence-electron chi connectivity index (χ0n) is 13.7. The van der Waals surface area contributed by atoms with Gasteiger partial charge in [0.1, 0.15) is 18.1 Å². The van der Waals surface area contributed by atoms with Crippen LogP contribution in [-0.2, 0) is 4.79 Å². The minimum atomic E-state index is -0.404. The number of anilines is 1. The molecule has 0 unspecified atom stereocenters. The lowest BCUT2D eigenvalue weighted by atomic mass is 10.1. The number of piperidine rings is 1. The van der Waals surface area contributed by atoms with E-state index in [1.54, 1.807) is 11.0 Å². The Balaban J connectivity index is 1.74. The molecule has 1 aromatic heterocycles. The van der Waals surface area contributed by atoms with Crippen molar-refractivity contribution >= 4 is 17.3 Å². The molecule has 1 amide bonds. The van der Waals surface area contributed by atoms with Gasteiger partial charge in [0.15, 0.2) is 0 Å². The number of benzene rings is 1. The van der Waals surface area contributed by atoms with Crippen molar-refractivity contribution in [1.29, 1.82) is 0 Å². The number of carbonyl (C=O) groups excluding carboxylic acids is 1. The molecule has 0 saturated carbocycles. The van der Waals surface area contributed by atoms with E-state index in [1.165, 1.54) is 24.9 Å². The highest BCUT2D eigenvalue weighted by Gasteiger charge is 2.29. The van der Waals surface area contributed by atoms with Crippen LogP contribution in [0.25, 0.3) is 0 Å². The molecule has 2 aromatic rings. The molecule has 0 radical (unpaired) electrons. The van der Waals surface area contributed by atoms with Crippen LogP contribution in [0.2, 0.25) is 0 Å². The molecule has 2 aliphatic heterocycles. The number of amides is 1. The molecule has 4 rings (SSSR count). The van der Waals surface area contributed by atoms with Crippen molar-refractivity contribution in [3.05, 3.63) is 41.9 Å². The highest BCUT2D eigenvalue weighted by molar-refractivity contribution is 6.17. The lowest BCUT2D eigenvalue weighted by Crippen LogP contribution is -2.44. The minimum Gasteiger partial charge on any atom is -0.422 e. The molecular weight excluding hydrogens is 325 g/mol. The van der Waals surface area contributed by atoms with Gasteiger partial charge >= 0.3 is 0 Å². The Kier molecular flexibility index (Phi) is 4.27. The Morgan fingerprint density at radius 1 is 1.20 bits per heavy atom. The van der Waals surface area contributed by atoms with Gasteiger partial charge in [0.05, 0.1) is 12.4 Å². The average Bonchev–Trinajstić information content (AvgIpc) is 3.11. The molecule has 0 spiro atoms. The first-order valence-electron chi connectivity index (χ1n) is 8.36.